The number of nitrogens with zero attached hydrogens (tertiary/aromatic N) is 1. The molecule has 1 aromatic carbocycles. The van der Waals surface area contributed by atoms with Gasteiger partial charge in [-0.3, -0.25) is 10.1 Å². The highest BCUT2D eigenvalue weighted by atomic mass is 16.6. The second-order valence-electron chi connectivity index (χ2n) is 7.66. The van der Waals surface area contributed by atoms with Crippen LogP contribution in [0.5, 0.6) is 0 Å². The Morgan fingerprint density at radius 2 is 1.53 bits per heavy atom. The molecular weight excluding hydrogens is 386 g/mol. The molecule has 0 saturated carbocycles. The van der Waals surface area contributed by atoms with E-state index in [-0.39, 0.29) is 5.69 Å². The minimum absolute atomic E-state index is 0.0892. The number of nitro groups is 1. The van der Waals surface area contributed by atoms with E-state index in [9.17, 15) is 25.1 Å². The van der Waals surface area contributed by atoms with Crippen molar-refractivity contribution >= 4 is 11.7 Å². The summed E-state index contributed by atoms with van der Waals surface area (Å²) in [5, 5.41) is 35.8. The first-order valence-corrected chi connectivity index (χ1v) is 11.1. The maximum Gasteiger partial charge on any atom is 0.315 e. The first-order valence-electron chi connectivity index (χ1n) is 11.1. The second kappa shape index (κ2) is 15.6. The zero-order chi connectivity index (χ0) is 22.2. The van der Waals surface area contributed by atoms with Crippen molar-refractivity contribution in [2.45, 2.75) is 83.3 Å². The van der Waals surface area contributed by atoms with Crippen molar-refractivity contribution in [1.29, 1.82) is 0 Å². The van der Waals surface area contributed by atoms with Crippen LogP contribution < -0.4 is 10.6 Å². The van der Waals surface area contributed by atoms with Crippen molar-refractivity contribution in [2.75, 3.05) is 13.2 Å². The summed E-state index contributed by atoms with van der Waals surface area (Å²) in [7, 11) is 0. The van der Waals surface area contributed by atoms with Gasteiger partial charge in [0.15, 0.2) is 0 Å². The van der Waals surface area contributed by atoms with Gasteiger partial charge in [-0.25, -0.2) is 4.79 Å². The lowest BCUT2D eigenvalue weighted by Gasteiger charge is -2.22. The molecule has 0 aliphatic heterocycles. The molecule has 8 nitrogen and oxygen atoms in total. The number of hydrogen-bond donors (Lipinski definition) is 4. The third-order valence-corrected chi connectivity index (χ3v) is 5.16. The van der Waals surface area contributed by atoms with E-state index in [0.29, 0.717) is 12.1 Å². The van der Waals surface area contributed by atoms with E-state index >= 15 is 0 Å². The van der Waals surface area contributed by atoms with Gasteiger partial charge in [0, 0.05) is 18.7 Å². The number of benzene rings is 1. The number of amides is 2. The van der Waals surface area contributed by atoms with Gasteiger partial charge in [0.05, 0.1) is 17.6 Å². The third kappa shape index (κ3) is 10.5. The van der Waals surface area contributed by atoms with Crippen molar-refractivity contribution in [3.05, 3.63) is 39.9 Å². The molecule has 8 heteroatoms. The van der Waals surface area contributed by atoms with Crippen LogP contribution in [0.25, 0.3) is 0 Å². The fourth-order valence-electron chi connectivity index (χ4n) is 3.28. The van der Waals surface area contributed by atoms with Gasteiger partial charge in [-0.1, -0.05) is 64.7 Å². The van der Waals surface area contributed by atoms with Gasteiger partial charge in [0.25, 0.3) is 5.69 Å². The highest BCUT2D eigenvalue weighted by Gasteiger charge is 2.22. The Bertz CT molecular complexity index is 609. The highest BCUT2D eigenvalue weighted by molar-refractivity contribution is 5.74. The minimum atomic E-state index is -1.17. The van der Waals surface area contributed by atoms with E-state index in [1.165, 1.54) is 69.2 Å². The average Bonchev–Trinajstić information content (AvgIpc) is 2.75. The van der Waals surface area contributed by atoms with Crippen LogP contribution in [0.15, 0.2) is 24.3 Å². The second-order valence-corrected chi connectivity index (χ2v) is 7.66. The molecular formula is C22H37N3O5. The van der Waals surface area contributed by atoms with Gasteiger partial charge in [-0.15, -0.1) is 0 Å². The standard InChI is InChI=1S/C22H37N3O5/c1-2-3-4-5-6-7-8-9-10-11-16-23-22(28)24-20(17-26)21(27)18-12-14-19(15-13-18)25(29)30/h12-15,20-21,26-27H,2-11,16-17H2,1H3,(H2,23,24,28)/t20-,21-/m0/s1. The van der Waals surface area contributed by atoms with E-state index in [2.05, 4.69) is 17.6 Å². The molecule has 30 heavy (non-hydrogen) atoms. The van der Waals surface area contributed by atoms with E-state index in [1.807, 2.05) is 0 Å². The smallest absolute Gasteiger partial charge is 0.315 e. The number of aliphatic hydroxyl groups excluding tert-OH is 2. The number of hydrogen-bond acceptors (Lipinski definition) is 5. The first-order chi connectivity index (χ1) is 14.5. The summed E-state index contributed by atoms with van der Waals surface area (Å²) < 4.78 is 0. The molecule has 2 atom stereocenters. The van der Waals surface area contributed by atoms with Crippen molar-refractivity contribution in [3.63, 3.8) is 0 Å². The number of nitro benzene ring substituents is 1. The average molecular weight is 424 g/mol. The summed E-state index contributed by atoms with van der Waals surface area (Å²) in [5.74, 6) is 0. The fourth-order valence-corrected chi connectivity index (χ4v) is 3.28. The molecule has 1 aromatic rings. The SMILES string of the molecule is CCCCCCCCCCCCNC(=O)N[C@@H](CO)[C@@H](O)c1ccc([N+](=O)[O-])cc1. The lowest BCUT2D eigenvalue weighted by Crippen LogP contribution is -2.47. The summed E-state index contributed by atoms with van der Waals surface area (Å²) in [6, 6.07) is 4.02. The molecule has 0 radical (unpaired) electrons. The summed E-state index contributed by atoms with van der Waals surface area (Å²) >= 11 is 0. The number of non-ortho nitro benzene ring substituents is 1. The van der Waals surface area contributed by atoms with Crippen LogP contribution in [0.4, 0.5) is 10.5 Å². The zero-order valence-electron chi connectivity index (χ0n) is 18.0. The molecule has 0 heterocycles. The van der Waals surface area contributed by atoms with Gasteiger partial charge in [-0.05, 0) is 24.1 Å². The van der Waals surface area contributed by atoms with E-state index < -0.39 is 29.7 Å². The predicted octanol–water partition coefficient (Wildman–Crippen LogP) is 4.21. The summed E-state index contributed by atoms with van der Waals surface area (Å²) in [6.07, 6.45) is 11.0. The van der Waals surface area contributed by atoms with Crippen LogP contribution >= 0.6 is 0 Å². The molecule has 2 amide bonds. The number of urea groups is 1. The van der Waals surface area contributed by atoms with Crippen LogP contribution in [0.2, 0.25) is 0 Å². The number of carbonyl (C=O) groups excluding carboxylic acids is 1. The van der Waals surface area contributed by atoms with Crippen molar-refractivity contribution in [3.8, 4) is 0 Å². The van der Waals surface area contributed by atoms with Gasteiger partial charge < -0.3 is 20.8 Å². The van der Waals surface area contributed by atoms with Crippen molar-refractivity contribution < 1.29 is 19.9 Å². The molecule has 4 N–H and O–H groups in total. The minimum Gasteiger partial charge on any atom is -0.394 e. The number of rotatable bonds is 16. The topological polar surface area (TPSA) is 125 Å². The summed E-state index contributed by atoms with van der Waals surface area (Å²) in [5.41, 5.74) is 0.295. The molecule has 0 saturated heterocycles. The van der Waals surface area contributed by atoms with Gasteiger partial charge in [0.2, 0.25) is 0 Å². The Labute approximate surface area is 179 Å². The molecule has 170 valence electrons. The number of nitrogens with one attached hydrogen (secondary N) is 2. The van der Waals surface area contributed by atoms with Crippen LogP contribution in [-0.2, 0) is 0 Å². The summed E-state index contributed by atoms with van der Waals surface area (Å²) in [4.78, 5) is 22.2. The first kappa shape index (κ1) is 25.8. The Kier molecular flexibility index (Phi) is 13.5. The Hall–Kier alpha value is -2.19. The van der Waals surface area contributed by atoms with E-state index in [0.717, 1.165) is 19.3 Å². The monoisotopic (exact) mass is 423 g/mol. The quantitative estimate of drug-likeness (QED) is 0.180. The maximum absolute atomic E-state index is 12.0. The Balaban J connectivity index is 2.20. The molecule has 0 unspecified atom stereocenters. The molecule has 0 aliphatic rings. The van der Waals surface area contributed by atoms with Gasteiger partial charge in [0.1, 0.15) is 6.10 Å². The van der Waals surface area contributed by atoms with E-state index in [1.54, 1.807) is 0 Å². The lowest BCUT2D eigenvalue weighted by atomic mass is 10.0. The Morgan fingerprint density at radius 1 is 1.00 bits per heavy atom. The van der Waals surface area contributed by atoms with Crippen molar-refractivity contribution in [2.24, 2.45) is 0 Å². The maximum atomic E-state index is 12.0. The molecule has 0 aliphatic carbocycles. The fraction of sp³-hybridized carbons (Fsp3) is 0.682. The van der Waals surface area contributed by atoms with E-state index in [4.69, 9.17) is 0 Å². The van der Waals surface area contributed by atoms with Crippen molar-refractivity contribution in [1.82, 2.24) is 10.6 Å². The normalized spacial score (nSPS) is 12.9. The van der Waals surface area contributed by atoms with Crippen LogP contribution in [0.3, 0.4) is 0 Å². The Morgan fingerprint density at radius 3 is 2.03 bits per heavy atom. The molecule has 0 aromatic heterocycles. The molecule has 0 fully saturated rings. The zero-order valence-corrected chi connectivity index (χ0v) is 18.0. The number of aliphatic hydroxyl groups is 2. The number of unbranched alkanes of at least 4 members (excludes halogenated alkanes) is 9. The third-order valence-electron chi connectivity index (χ3n) is 5.16. The van der Waals surface area contributed by atoms with Crippen LogP contribution in [0, 0.1) is 10.1 Å². The molecule has 1 rings (SSSR count). The molecule has 0 bridgehead atoms. The molecule has 0 spiro atoms. The predicted molar refractivity (Wildman–Crippen MR) is 117 cm³/mol. The largest absolute Gasteiger partial charge is 0.394 e. The lowest BCUT2D eigenvalue weighted by molar-refractivity contribution is -0.384. The number of carbonyl (C=O) groups is 1. The van der Waals surface area contributed by atoms with Gasteiger partial charge in [-0.2, -0.15) is 0 Å². The summed E-state index contributed by atoms with van der Waals surface area (Å²) in [6.45, 7) is 2.30. The van der Waals surface area contributed by atoms with Crippen LogP contribution in [0.1, 0.15) is 82.8 Å². The highest BCUT2D eigenvalue weighted by Crippen LogP contribution is 2.20. The van der Waals surface area contributed by atoms with Gasteiger partial charge >= 0.3 is 6.03 Å². The van der Waals surface area contributed by atoms with Crippen LogP contribution in [-0.4, -0.2) is 40.4 Å².